The molecule has 0 bridgehead atoms. The second-order valence-corrected chi connectivity index (χ2v) is 4.88. The number of hydrogen-bond donors (Lipinski definition) is 2. The van der Waals surface area contributed by atoms with E-state index in [0.29, 0.717) is 6.42 Å². The van der Waals surface area contributed by atoms with Gasteiger partial charge in [-0.05, 0) is 19.3 Å². The molecule has 0 radical (unpaired) electrons. The lowest BCUT2D eigenvalue weighted by atomic mass is 10.1. The monoisotopic (exact) mass is 257 g/mol. The molecule has 3 N–H and O–H groups in total. The van der Waals surface area contributed by atoms with E-state index in [9.17, 15) is 9.59 Å². The molecule has 6 heteroatoms. The normalized spacial score (nSPS) is 19.5. The summed E-state index contributed by atoms with van der Waals surface area (Å²) in [5, 5.41) is 9.01. The number of nitrogens with zero attached hydrogens (tertiary/aromatic N) is 2. The molecular weight excluding hydrogens is 234 g/mol. The molecule has 1 atom stereocenters. The molecule has 0 aliphatic carbocycles. The van der Waals surface area contributed by atoms with Gasteiger partial charge in [0.25, 0.3) is 0 Å². The molecule has 1 saturated heterocycles. The van der Waals surface area contributed by atoms with Crippen molar-refractivity contribution in [1.82, 2.24) is 9.80 Å². The van der Waals surface area contributed by atoms with Gasteiger partial charge in [-0.3, -0.25) is 9.69 Å². The fraction of sp³-hybridized carbons (Fsp3) is 0.833. The van der Waals surface area contributed by atoms with Gasteiger partial charge in [0.1, 0.15) is 6.04 Å². The molecule has 0 aromatic rings. The highest BCUT2D eigenvalue weighted by atomic mass is 16.4. The van der Waals surface area contributed by atoms with Gasteiger partial charge in [-0.2, -0.15) is 0 Å². The fourth-order valence-electron chi connectivity index (χ4n) is 2.20. The Kier molecular flexibility index (Phi) is 5.55. The molecule has 1 fully saturated rings. The molecule has 0 saturated carbocycles. The van der Waals surface area contributed by atoms with Gasteiger partial charge in [-0.25, -0.2) is 4.79 Å². The van der Waals surface area contributed by atoms with Crippen LogP contribution in [0.5, 0.6) is 0 Å². The number of carbonyl (C=O) groups is 2. The number of carboxylic acids is 1. The average Bonchev–Trinajstić information content (AvgIpc) is 2.32. The van der Waals surface area contributed by atoms with Gasteiger partial charge in [0.2, 0.25) is 5.91 Å². The quantitative estimate of drug-likeness (QED) is 0.708. The third-order valence-electron chi connectivity index (χ3n) is 3.52. The van der Waals surface area contributed by atoms with Crippen LogP contribution >= 0.6 is 0 Å². The standard InChI is InChI=1S/C12H23N3O3/c1-3-10(12(17)18)14(2)11(16)8-15-6-4-9(13)5-7-15/h9-10H,3-8,13H2,1-2H3,(H,17,18). The van der Waals surface area contributed by atoms with Crippen molar-refractivity contribution in [2.75, 3.05) is 26.7 Å². The predicted octanol–water partition coefficient (Wildman–Crippen LogP) is -0.269. The van der Waals surface area contributed by atoms with Crippen LogP contribution in [0.3, 0.4) is 0 Å². The minimum atomic E-state index is -0.950. The Bertz CT molecular complexity index is 301. The molecule has 1 unspecified atom stereocenters. The Hall–Kier alpha value is -1.14. The Labute approximate surface area is 108 Å². The second kappa shape index (κ2) is 6.70. The van der Waals surface area contributed by atoms with Gasteiger partial charge in [0, 0.05) is 26.2 Å². The third-order valence-corrected chi connectivity index (χ3v) is 3.52. The summed E-state index contributed by atoms with van der Waals surface area (Å²) in [6.07, 6.45) is 2.21. The van der Waals surface area contributed by atoms with Gasteiger partial charge in [-0.15, -0.1) is 0 Å². The zero-order valence-corrected chi connectivity index (χ0v) is 11.1. The van der Waals surface area contributed by atoms with Crippen LogP contribution in [0.25, 0.3) is 0 Å². The molecule has 18 heavy (non-hydrogen) atoms. The summed E-state index contributed by atoms with van der Waals surface area (Å²) in [5.41, 5.74) is 5.80. The first-order valence-electron chi connectivity index (χ1n) is 6.42. The summed E-state index contributed by atoms with van der Waals surface area (Å²) in [7, 11) is 1.56. The average molecular weight is 257 g/mol. The molecule has 1 aliphatic heterocycles. The molecule has 1 aliphatic rings. The van der Waals surface area contributed by atoms with Gasteiger partial charge >= 0.3 is 5.97 Å². The van der Waals surface area contributed by atoms with Crippen LogP contribution in [-0.2, 0) is 9.59 Å². The molecular formula is C12H23N3O3. The van der Waals surface area contributed by atoms with Crippen molar-refractivity contribution in [2.24, 2.45) is 5.73 Å². The SMILES string of the molecule is CCC(C(=O)O)N(C)C(=O)CN1CCC(N)CC1. The van der Waals surface area contributed by atoms with E-state index >= 15 is 0 Å². The largest absolute Gasteiger partial charge is 0.480 e. The zero-order valence-electron chi connectivity index (χ0n) is 11.1. The summed E-state index contributed by atoms with van der Waals surface area (Å²) in [6, 6.07) is -0.499. The first-order chi connectivity index (χ1) is 8.45. The Balaban J connectivity index is 2.46. The number of amides is 1. The van der Waals surface area contributed by atoms with Crippen molar-refractivity contribution in [3.8, 4) is 0 Å². The number of aliphatic carboxylic acids is 1. The lowest BCUT2D eigenvalue weighted by Crippen LogP contribution is -2.49. The predicted molar refractivity (Wildman–Crippen MR) is 68.1 cm³/mol. The minimum absolute atomic E-state index is 0.139. The molecule has 1 heterocycles. The highest BCUT2D eigenvalue weighted by molar-refractivity contribution is 5.84. The maximum Gasteiger partial charge on any atom is 0.326 e. The zero-order chi connectivity index (χ0) is 13.7. The summed E-state index contributed by atoms with van der Waals surface area (Å²) in [4.78, 5) is 26.3. The summed E-state index contributed by atoms with van der Waals surface area (Å²) in [5.74, 6) is -1.09. The number of carbonyl (C=O) groups excluding carboxylic acids is 1. The Morgan fingerprint density at radius 1 is 1.44 bits per heavy atom. The number of likely N-dealkylation sites (tertiary alicyclic amines) is 1. The second-order valence-electron chi connectivity index (χ2n) is 4.88. The smallest absolute Gasteiger partial charge is 0.326 e. The summed E-state index contributed by atoms with van der Waals surface area (Å²) < 4.78 is 0. The van der Waals surface area contributed by atoms with Crippen LogP contribution in [0.2, 0.25) is 0 Å². The van der Waals surface area contributed by atoms with Crippen LogP contribution in [0.4, 0.5) is 0 Å². The molecule has 0 aromatic carbocycles. The van der Waals surface area contributed by atoms with Gasteiger partial charge in [0.05, 0.1) is 6.54 Å². The summed E-state index contributed by atoms with van der Waals surface area (Å²) >= 11 is 0. The number of piperidine rings is 1. The van der Waals surface area contributed by atoms with Crippen molar-refractivity contribution in [1.29, 1.82) is 0 Å². The van der Waals surface area contributed by atoms with E-state index in [-0.39, 0.29) is 18.5 Å². The van der Waals surface area contributed by atoms with Crippen molar-refractivity contribution in [2.45, 2.75) is 38.3 Å². The highest BCUT2D eigenvalue weighted by Gasteiger charge is 2.26. The fourth-order valence-corrected chi connectivity index (χ4v) is 2.20. The van der Waals surface area contributed by atoms with E-state index in [1.165, 1.54) is 4.90 Å². The first-order valence-corrected chi connectivity index (χ1v) is 6.42. The van der Waals surface area contributed by atoms with E-state index in [0.717, 1.165) is 25.9 Å². The van der Waals surface area contributed by atoms with E-state index < -0.39 is 12.0 Å². The van der Waals surface area contributed by atoms with Crippen LogP contribution in [0.1, 0.15) is 26.2 Å². The number of likely N-dealkylation sites (N-methyl/N-ethyl adjacent to an activating group) is 1. The van der Waals surface area contributed by atoms with E-state index in [4.69, 9.17) is 10.8 Å². The number of nitrogens with two attached hydrogens (primary N) is 1. The lowest BCUT2D eigenvalue weighted by Gasteiger charge is -2.32. The molecule has 0 spiro atoms. The van der Waals surface area contributed by atoms with Crippen LogP contribution in [0, 0.1) is 0 Å². The number of rotatable bonds is 5. The maximum atomic E-state index is 12.0. The molecule has 1 amide bonds. The van der Waals surface area contributed by atoms with Crippen molar-refractivity contribution < 1.29 is 14.7 Å². The van der Waals surface area contributed by atoms with E-state index in [1.54, 1.807) is 14.0 Å². The van der Waals surface area contributed by atoms with Gasteiger partial charge in [0.15, 0.2) is 0 Å². The Morgan fingerprint density at radius 2 is 2.00 bits per heavy atom. The minimum Gasteiger partial charge on any atom is -0.480 e. The topological polar surface area (TPSA) is 86.9 Å². The molecule has 104 valence electrons. The third kappa shape index (κ3) is 3.96. The Morgan fingerprint density at radius 3 is 2.44 bits per heavy atom. The van der Waals surface area contributed by atoms with E-state index in [2.05, 4.69) is 0 Å². The summed E-state index contributed by atoms with van der Waals surface area (Å²) in [6.45, 7) is 3.67. The first kappa shape index (κ1) is 14.9. The lowest BCUT2D eigenvalue weighted by molar-refractivity contribution is -0.149. The maximum absolute atomic E-state index is 12.0. The van der Waals surface area contributed by atoms with Gasteiger partial charge in [-0.1, -0.05) is 6.92 Å². The van der Waals surface area contributed by atoms with Crippen molar-refractivity contribution in [3.05, 3.63) is 0 Å². The number of hydrogen-bond acceptors (Lipinski definition) is 4. The van der Waals surface area contributed by atoms with E-state index in [1.807, 2.05) is 4.90 Å². The van der Waals surface area contributed by atoms with Crippen LogP contribution in [-0.4, -0.2) is 65.5 Å². The molecule has 1 rings (SSSR count). The number of carboxylic acid groups (broad SMARTS) is 1. The van der Waals surface area contributed by atoms with Crippen molar-refractivity contribution >= 4 is 11.9 Å². The molecule has 6 nitrogen and oxygen atoms in total. The van der Waals surface area contributed by atoms with Crippen molar-refractivity contribution in [3.63, 3.8) is 0 Å². The van der Waals surface area contributed by atoms with Crippen LogP contribution < -0.4 is 5.73 Å². The van der Waals surface area contributed by atoms with Crippen LogP contribution in [0.15, 0.2) is 0 Å². The molecule has 0 aromatic heterocycles. The highest BCUT2D eigenvalue weighted by Crippen LogP contribution is 2.09. The van der Waals surface area contributed by atoms with Gasteiger partial charge < -0.3 is 15.7 Å².